The molecule has 0 aliphatic heterocycles. The van der Waals surface area contributed by atoms with E-state index in [-0.39, 0.29) is 6.04 Å². The number of rotatable bonds is 3. The number of hydrogen-bond acceptors (Lipinski definition) is 3. The number of aromatic nitrogens is 1. The van der Waals surface area contributed by atoms with Crippen molar-refractivity contribution in [1.82, 2.24) is 4.98 Å². The van der Waals surface area contributed by atoms with Gasteiger partial charge in [0.05, 0.1) is 5.02 Å². The van der Waals surface area contributed by atoms with Crippen molar-refractivity contribution in [2.24, 2.45) is 5.73 Å². The Kier molecular flexibility index (Phi) is 3.61. The van der Waals surface area contributed by atoms with Gasteiger partial charge < -0.3 is 10.5 Å². The number of halogens is 1. The molecule has 17 heavy (non-hydrogen) atoms. The monoisotopic (exact) mass is 248 g/mol. The minimum atomic E-state index is 0.0257. The van der Waals surface area contributed by atoms with Gasteiger partial charge in [-0.25, -0.2) is 4.98 Å². The van der Waals surface area contributed by atoms with Gasteiger partial charge in [-0.2, -0.15) is 0 Å². The van der Waals surface area contributed by atoms with Crippen molar-refractivity contribution in [3.63, 3.8) is 0 Å². The van der Waals surface area contributed by atoms with Crippen molar-refractivity contribution >= 4 is 11.6 Å². The van der Waals surface area contributed by atoms with Crippen molar-refractivity contribution in [3.8, 4) is 11.6 Å². The van der Waals surface area contributed by atoms with E-state index in [9.17, 15) is 0 Å². The zero-order valence-corrected chi connectivity index (χ0v) is 10.2. The molecule has 1 heterocycles. The van der Waals surface area contributed by atoms with Crippen LogP contribution in [0.2, 0.25) is 5.02 Å². The maximum atomic E-state index is 5.77. The normalized spacial score (nSPS) is 12.2. The maximum absolute atomic E-state index is 5.77. The number of benzene rings is 1. The first-order chi connectivity index (χ1) is 8.15. The highest BCUT2D eigenvalue weighted by atomic mass is 35.5. The molecule has 0 spiro atoms. The highest BCUT2D eigenvalue weighted by molar-refractivity contribution is 6.30. The first-order valence-corrected chi connectivity index (χ1v) is 5.68. The van der Waals surface area contributed by atoms with Crippen LogP contribution in [0, 0.1) is 0 Å². The Morgan fingerprint density at radius 3 is 2.41 bits per heavy atom. The number of nitrogens with two attached hydrogens (primary N) is 1. The predicted molar refractivity (Wildman–Crippen MR) is 68.4 cm³/mol. The molecule has 0 radical (unpaired) electrons. The van der Waals surface area contributed by atoms with Crippen LogP contribution in [0.25, 0.3) is 0 Å². The summed E-state index contributed by atoms with van der Waals surface area (Å²) in [4.78, 5) is 4.05. The van der Waals surface area contributed by atoms with Crippen molar-refractivity contribution in [2.45, 2.75) is 13.0 Å². The second-order valence-corrected chi connectivity index (χ2v) is 4.21. The van der Waals surface area contributed by atoms with Gasteiger partial charge in [0.1, 0.15) is 5.75 Å². The van der Waals surface area contributed by atoms with Gasteiger partial charge in [0, 0.05) is 18.3 Å². The molecule has 0 aliphatic rings. The largest absolute Gasteiger partial charge is 0.439 e. The third kappa shape index (κ3) is 3.19. The summed E-state index contributed by atoms with van der Waals surface area (Å²) in [6, 6.07) is 11.1. The minimum absolute atomic E-state index is 0.0257. The summed E-state index contributed by atoms with van der Waals surface area (Å²) in [6.07, 6.45) is 1.55. The van der Waals surface area contributed by atoms with Crippen molar-refractivity contribution in [2.75, 3.05) is 0 Å². The molecule has 4 heteroatoms. The summed E-state index contributed by atoms with van der Waals surface area (Å²) in [7, 11) is 0. The minimum Gasteiger partial charge on any atom is -0.439 e. The van der Waals surface area contributed by atoms with Gasteiger partial charge in [-0.05, 0) is 30.7 Å². The third-order valence-corrected chi connectivity index (χ3v) is 2.55. The molecule has 0 amide bonds. The molecular formula is C13H13ClN2O. The second kappa shape index (κ2) is 5.17. The number of pyridine rings is 1. The summed E-state index contributed by atoms with van der Waals surface area (Å²) >= 11 is 5.74. The molecule has 0 fully saturated rings. The fourth-order valence-corrected chi connectivity index (χ4v) is 1.49. The summed E-state index contributed by atoms with van der Waals surface area (Å²) in [5, 5.41) is 0.588. The highest BCUT2D eigenvalue weighted by Gasteiger charge is 2.01. The quantitative estimate of drug-likeness (QED) is 0.904. The molecular weight excluding hydrogens is 236 g/mol. The Hall–Kier alpha value is -1.58. The van der Waals surface area contributed by atoms with Gasteiger partial charge >= 0.3 is 0 Å². The van der Waals surface area contributed by atoms with Gasteiger partial charge in [0.2, 0.25) is 5.88 Å². The SMILES string of the molecule is CC(N)c1ccc(Oc2ccc(Cl)cn2)cc1. The molecule has 0 saturated carbocycles. The molecule has 0 aliphatic carbocycles. The van der Waals surface area contributed by atoms with E-state index in [1.807, 2.05) is 31.2 Å². The van der Waals surface area contributed by atoms with Crippen LogP contribution in [0.3, 0.4) is 0 Å². The van der Waals surface area contributed by atoms with Crippen LogP contribution >= 0.6 is 11.6 Å². The molecule has 1 atom stereocenters. The Bertz CT molecular complexity index is 480. The van der Waals surface area contributed by atoms with E-state index < -0.39 is 0 Å². The van der Waals surface area contributed by atoms with E-state index >= 15 is 0 Å². The van der Waals surface area contributed by atoms with Crippen molar-refractivity contribution < 1.29 is 4.74 Å². The Balaban J connectivity index is 2.11. The third-order valence-electron chi connectivity index (χ3n) is 2.33. The Morgan fingerprint density at radius 2 is 1.88 bits per heavy atom. The second-order valence-electron chi connectivity index (χ2n) is 3.77. The smallest absolute Gasteiger partial charge is 0.219 e. The fourth-order valence-electron chi connectivity index (χ4n) is 1.38. The van der Waals surface area contributed by atoms with Crippen LogP contribution in [0.1, 0.15) is 18.5 Å². The first-order valence-electron chi connectivity index (χ1n) is 5.30. The number of ether oxygens (including phenoxy) is 1. The molecule has 1 aromatic heterocycles. The maximum Gasteiger partial charge on any atom is 0.219 e. The van der Waals surface area contributed by atoms with E-state index in [1.165, 1.54) is 0 Å². The zero-order valence-electron chi connectivity index (χ0n) is 9.43. The van der Waals surface area contributed by atoms with Gasteiger partial charge in [-0.15, -0.1) is 0 Å². The summed E-state index contributed by atoms with van der Waals surface area (Å²) in [5.41, 5.74) is 6.84. The molecule has 3 nitrogen and oxygen atoms in total. The van der Waals surface area contributed by atoms with Gasteiger partial charge in [-0.3, -0.25) is 0 Å². The van der Waals surface area contributed by atoms with E-state index in [4.69, 9.17) is 22.1 Å². The molecule has 88 valence electrons. The lowest BCUT2D eigenvalue weighted by molar-refractivity contribution is 0.462. The van der Waals surface area contributed by atoms with Crippen LogP contribution in [-0.2, 0) is 0 Å². The molecule has 2 rings (SSSR count). The average molecular weight is 249 g/mol. The lowest BCUT2D eigenvalue weighted by Gasteiger charge is -2.07. The Morgan fingerprint density at radius 1 is 1.18 bits per heavy atom. The Labute approximate surface area is 105 Å². The predicted octanol–water partition coefficient (Wildman–Crippen LogP) is 3.55. The van der Waals surface area contributed by atoms with Crippen LogP contribution in [0.4, 0.5) is 0 Å². The lowest BCUT2D eigenvalue weighted by Crippen LogP contribution is -2.04. The summed E-state index contributed by atoms with van der Waals surface area (Å²) in [5.74, 6) is 1.24. The fraction of sp³-hybridized carbons (Fsp3) is 0.154. The highest BCUT2D eigenvalue weighted by Crippen LogP contribution is 2.22. The van der Waals surface area contributed by atoms with Crippen LogP contribution < -0.4 is 10.5 Å². The van der Waals surface area contributed by atoms with Crippen LogP contribution in [0.15, 0.2) is 42.6 Å². The lowest BCUT2D eigenvalue weighted by atomic mass is 10.1. The van der Waals surface area contributed by atoms with E-state index in [1.54, 1.807) is 18.3 Å². The molecule has 2 aromatic rings. The standard InChI is InChI=1S/C13H13ClN2O/c1-9(15)10-2-5-12(6-3-10)17-13-7-4-11(14)8-16-13/h2-9H,15H2,1H3. The summed E-state index contributed by atoms with van der Waals surface area (Å²) < 4.78 is 5.56. The van der Waals surface area contributed by atoms with E-state index in [2.05, 4.69) is 4.98 Å². The number of hydrogen-bond donors (Lipinski definition) is 1. The van der Waals surface area contributed by atoms with Crippen LogP contribution in [-0.4, -0.2) is 4.98 Å². The van der Waals surface area contributed by atoms with E-state index in [0.29, 0.717) is 10.9 Å². The molecule has 2 N–H and O–H groups in total. The topological polar surface area (TPSA) is 48.1 Å². The molecule has 1 unspecified atom stereocenters. The van der Waals surface area contributed by atoms with Gasteiger partial charge in [0.15, 0.2) is 0 Å². The van der Waals surface area contributed by atoms with E-state index in [0.717, 1.165) is 11.3 Å². The summed E-state index contributed by atoms with van der Waals surface area (Å²) in [6.45, 7) is 1.94. The average Bonchev–Trinajstić information content (AvgIpc) is 2.33. The van der Waals surface area contributed by atoms with Crippen molar-refractivity contribution in [1.29, 1.82) is 0 Å². The molecule has 0 saturated heterocycles. The first kappa shape index (κ1) is 11.9. The molecule has 0 bridgehead atoms. The van der Waals surface area contributed by atoms with Crippen molar-refractivity contribution in [3.05, 3.63) is 53.2 Å². The molecule has 1 aromatic carbocycles. The van der Waals surface area contributed by atoms with Crippen LogP contribution in [0.5, 0.6) is 11.6 Å². The van der Waals surface area contributed by atoms with Gasteiger partial charge in [0.25, 0.3) is 0 Å². The zero-order chi connectivity index (χ0) is 12.3. The number of nitrogens with zero attached hydrogens (tertiary/aromatic N) is 1. The van der Waals surface area contributed by atoms with Gasteiger partial charge in [-0.1, -0.05) is 23.7 Å².